The van der Waals surface area contributed by atoms with E-state index in [4.69, 9.17) is 0 Å². The SMILES string of the molecule is COC(=O)Nc1ccc(S(=O)(=O)N2CCC(c3cccs3)CC2)cc1. The van der Waals surface area contributed by atoms with Crippen LogP contribution in [0.15, 0.2) is 46.7 Å². The maximum atomic E-state index is 12.8. The molecule has 0 spiro atoms. The van der Waals surface area contributed by atoms with Crippen molar-refractivity contribution in [2.75, 3.05) is 25.5 Å². The molecule has 8 heteroatoms. The average molecular weight is 380 g/mol. The fraction of sp³-hybridized carbons (Fsp3) is 0.353. The van der Waals surface area contributed by atoms with E-state index in [-0.39, 0.29) is 4.90 Å². The van der Waals surface area contributed by atoms with Gasteiger partial charge in [0.15, 0.2) is 0 Å². The van der Waals surface area contributed by atoms with E-state index in [1.807, 2.05) is 6.07 Å². The quantitative estimate of drug-likeness (QED) is 0.881. The van der Waals surface area contributed by atoms with Crippen LogP contribution in [0.3, 0.4) is 0 Å². The summed E-state index contributed by atoms with van der Waals surface area (Å²) >= 11 is 1.73. The summed E-state index contributed by atoms with van der Waals surface area (Å²) in [7, 11) is -2.24. The van der Waals surface area contributed by atoms with Crippen LogP contribution in [-0.2, 0) is 14.8 Å². The largest absolute Gasteiger partial charge is 0.453 e. The van der Waals surface area contributed by atoms with Gasteiger partial charge in [-0.2, -0.15) is 4.31 Å². The predicted octanol–water partition coefficient (Wildman–Crippen LogP) is 3.49. The van der Waals surface area contributed by atoms with Gasteiger partial charge in [0.25, 0.3) is 0 Å². The van der Waals surface area contributed by atoms with Gasteiger partial charge in [-0.1, -0.05) is 6.07 Å². The number of nitrogens with zero attached hydrogens (tertiary/aromatic N) is 1. The summed E-state index contributed by atoms with van der Waals surface area (Å²) < 4.78 is 31.6. The van der Waals surface area contributed by atoms with E-state index in [1.54, 1.807) is 27.8 Å². The van der Waals surface area contributed by atoms with Crippen molar-refractivity contribution in [2.45, 2.75) is 23.7 Å². The first-order chi connectivity index (χ1) is 12.0. The van der Waals surface area contributed by atoms with Crippen LogP contribution < -0.4 is 5.32 Å². The summed E-state index contributed by atoms with van der Waals surface area (Å²) in [6.07, 6.45) is 1.08. The molecule has 0 bridgehead atoms. The van der Waals surface area contributed by atoms with E-state index >= 15 is 0 Å². The van der Waals surface area contributed by atoms with Crippen molar-refractivity contribution in [1.82, 2.24) is 4.31 Å². The van der Waals surface area contributed by atoms with Crippen molar-refractivity contribution in [3.63, 3.8) is 0 Å². The molecule has 1 aliphatic rings. The van der Waals surface area contributed by atoms with E-state index in [9.17, 15) is 13.2 Å². The average Bonchev–Trinajstić information content (AvgIpc) is 3.17. The minimum atomic E-state index is -3.51. The molecule has 1 saturated heterocycles. The van der Waals surface area contributed by atoms with Crippen molar-refractivity contribution in [3.05, 3.63) is 46.7 Å². The Hall–Kier alpha value is -1.90. The molecule has 2 aromatic rings. The predicted molar refractivity (Wildman–Crippen MR) is 97.5 cm³/mol. The Morgan fingerprint density at radius 2 is 1.88 bits per heavy atom. The first-order valence-corrected chi connectivity index (χ1v) is 10.3. The second-order valence-electron chi connectivity index (χ2n) is 5.83. The number of anilines is 1. The van der Waals surface area contributed by atoms with Crippen LogP contribution in [-0.4, -0.2) is 39.0 Å². The lowest BCUT2D eigenvalue weighted by molar-refractivity contribution is 0.187. The molecule has 0 atom stereocenters. The number of hydrogen-bond acceptors (Lipinski definition) is 5. The highest BCUT2D eigenvalue weighted by molar-refractivity contribution is 7.89. The molecule has 3 rings (SSSR count). The first kappa shape index (κ1) is 17.9. The number of sulfonamides is 1. The van der Waals surface area contributed by atoms with Gasteiger partial charge in [0.1, 0.15) is 0 Å². The third-order valence-electron chi connectivity index (χ3n) is 4.32. The standard InChI is InChI=1S/C17H20N2O4S2/c1-23-17(20)18-14-4-6-15(7-5-14)25(21,22)19-10-8-13(9-11-19)16-3-2-12-24-16/h2-7,12-13H,8-11H2,1H3,(H,18,20). The van der Waals surface area contributed by atoms with Crippen molar-refractivity contribution in [3.8, 4) is 0 Å². The van der Waals surface area contributed by atoms with Crippen molar-refractivity contribution in [1.29, 1.82) is 0 Å². The lowest BCUT2D eigenvalue weighted by Crippen LogP contribution is -2.37. The van der Waals surface area contributed by atoms with Crippen LogP contribution in [0.1, 0.15) is 23.6 Å². The number of hydrogen-bond donors (Lipinski definition) is 1. The van der Waals surface area contributed by atoms with Crippen molar-refractivity contribution < 1.29 is 17.9 Å². The molecule has 25 heavy (non-hydrogen) atoms. The maximum absolute atomic E-state index is 12.8. The van der Waals surface area contributed by atoms with Crippen molar-refractivity contribution in [2.24, 2.45) is 0 Å². The molecular weight excluding hydrogens is 360 g/mol. The van der Waals surface area contributed by atoms with E-state index in [0.717, 1.165) is 12.8 Å². The number of benzene rings is 1. The Bertz CT molecular complexity index is 809. The van der Waals surface area contributed by atoms with E-state index in [2.05, 4.69) is 21.5 Å². The first-order valence-electron chi connectivity index (χ1n) is 7.99. The number of carbonyl (C=O) groups is 1. The fourth-order valence-electron chi connectivity index (χ4n) is 2.93. The summed E-state index contributed by atoms with van der Waals surface area (Å²) in [6.45, 7) is 1.04. The van der Waals surface area contributed by atoms with Crippen molar-refractivity contribution >= 4 is 33.1 Å². The Kier molecular flexibility index (Phi) is 5.41. The van der Waals surface area contributed by atoms with E-state index < -0.39 is 16.1 Å². The molecule has 1 aromatic heterocycles. The van der Waals surface area contributed by atoms with Gasteiger partial charge in [-0.3, -0.25) is 5.32 Å². The van der Waals surface area contributed by atoms with Crippen LogP contribution in [0.5, 0.6) is 0 Å². The summed E-state index contributed by atoms with van der Waals surface area (Å²) in [5, 5.41) is 4.56. The van der Waals surface area contributed by atoms with Gasteiger partial charge in [-0.15, -0.1) is 11.3 Å². The smallest absolute Gasteiger partial charge is 0.411 e. The van der Waals surface area contributed by atoms with E-state index in [1.165, 1.54) is 24.1 Å². The molecule has 1 aromatic carbocycles. The molecule has 0 aliphatic carbocycles. The number of ether oxygens (including phenoxy) is 1. The maximum Gasteiger partial charge on any atom is 0.411 e. The number of carbonyl (C=O) groups excluding carboxylic acids is 1. The van der Waals surface area contributed by atoms with Crippen LogP contribution in [0.25, 0.3) is 0 Å². The highest BCUT2D eigenvalue weighted by Gasteiger charge is 2.30. The molecule has 0 radical (unpaired) electrons. The Labute approximate surface area is 151 Å². The van der Waals surface area contributed by atoms with Gasteiger partial charge in [0, 0.05) is 23.7 Å². The number of amides is 1. The van der Waals surface area contributed by atoms with E-state index in [0.29, 0.717) is 24.7 Å². The summed E-state index contributed by atoms with van der Waals surface area (Å²) in [4.78, 5) is 12.7. The second kappa shape index (κ2) is 7.55. The molecule has 6 nitrogen and oxygen atoms in total. The monoisotopic (exact) mass is 380 g/mol. The van der Waals surface area contributed by atoms with Gasteiger partial charge in [0.2, 0.25) is 10.0 Å². The van der Waals surface area contributed by atoms with Gasteiger partial charge in [0.05, 0.1) is 12.0 Å². The molecule has 1 aliphatic heterocycles. The molecule has 1 amide bonds. The van der Waals surface area contributed by atoms with Gasteiger partial charge in [-0.05, 0) is 54.5 Å². The van der Waals surface area contributed by atoms with Gasteiger partial charge >= 0.3 is 6.09 Å². The van der Waals surface area contributed by atoms with Gasteiger partial charge in [-0.25, -0.2) is 13.2 Å². The molecule has 134 valence electrons. The van der Waals surface area contributed by atoms with Crippen LogP contribution in [0.4, 0.5) is 10.5 Å². The molecular formula is C17H20N2O4S2. The molecule has 1 N–H and O–H groups in total. The third kappa shape index (κ3) is 4.02. The lowest BCUT2D eigenvalue weighted by atomic mass is 9.97. The topological polar surface area (TPSA) is 75.7 Å². The summed E-state index contributed by atoms with van der Waals surface area (Å²) in [5.74, 6) is 0.443. The van der Waals surface area contributed by atoms with Crippen LogP contribution >= 0.6 is 11.3 Å². The van der Waals surface area contributed by atoms with Crippen LogP contribution in [0, 0.1) is 0 Å². The molecule has 1 fully saturated rings. The Morgan fingerprint density at radius 3 is 2.44 bits per heavy atom. The summed E-state index contributed by atoms with van der Waals surface area (Å²) in [6, 6.07) is 10.3. The zero-order chi connectivity index (χ0) is 17.9. The summed E-state index contributed by atoms with van der Waals surface area (Å²) in [5.41, 5.74) is 0.488. The zero-order valence-corrected chi connectivity index (χ0v) is 15.5. The highest BCUT2D eigenvalue weighted by atomic mass is 32.2. The Morgan fingerprint density at radius 1 is 1.20 bits per heavy atom. The lowest BCUT2D eigenvalue weighted by Gasteiger charge is -2.30. The Balaban J connectivity index is 1.66. The highest BCUT2D eigenvalue weighted by Crippen LogP contribution is 2.33. The molecule has 0 unspecified atom stereocenters. The second-order valence-corrected chi connectivity index (χ2v) is 8.75. The number of nitrogens with one attached hydrogen (secondary N) is 1. The molecule has 2 heterocycles. The number of thiophene rings is 1. The number of rotatable bonds is 4. The minimum Gasteiger partial charge on any atom is -0.453 e. The molecule has 0 saturated carbocycles. The minimum absolute atomic E-state index is 0.234. The number of piperidine rings is 1. The normalized spacial score (nSPS) is 16.5. The third-order valence-corrected chi connectivity index (χ3v) is 7.27. The fourth-order valence-corrected chi connectivity index (χ4v) is 5.30. The zero-order valence-electron chi connectivity index (χ0n) is 13.8. The number of methoxy groups -OCH3 is 1. The van der Waals surface area contributed by atoms with Gasteiger partial charge < -0.3 is 4.74 Å². The van der Waals surface area contributed by atoms with Crippen LogP contribution in [0.2, 0.25) is 0 Å².